The van der Waals surface area contributed by atoms with E-state index in [0.29, 0.717) is 25.0 Å². The molecular weight excluding hydrogens is 265 g/mol. The minimum absolute atomic E-state index is 0.0970. The summed E-state index contributed by atoms with van der Waals surface area (Å²) in [6.07, 6.45) is 2.01. The Morgan fingerprint density at radius 3 is 3.00 bits per heavy atom. The number of aromatic nitrogens is 1. The van der Waals surface area contributed by atoms with Crippen molar-refractivity contribution in [3.05, 3.63) is 29.8 Å². The van der Waals surface area contributed by atoms with Crippen LogP contribution < -0.4 is 0 Å². The highest BCUT2D eigenvalue weighted by molar-refractivity contribution is 5.73. The normalized spacial score (nSPS) is 25.6. The molecule has 2 heterocycles. The molecule has 0 spiro atoms. The third kappa shape index (κ3) is 3.32. The fraction of sp³-hybridized carbons (Fsp3) is 0.571. The van der Waals surface area contributed by atoms with Gasteiger partial charge in [0.15, 0.2) is 0 Å². The summed E-state index contributed by atoms with van der Waals surface area (Å²) in [5, 5.41) is 0. The molecule has 20 heavy (non-hydrogen) atoms. The second kappa shape index (κ2) is 6.76. The second-order valence-electron chi connectivity index (χ2n) is 4.74. The molecule has 0 saturated carbocycles. The molecule has 2 rings (SSSR count). The van der Waals surface area contributed by atoms with Gasteiger partial charge in [-0.15, -0.1) is 0 Å². The lowest BCUT2D eigenvalue weighted by Crippen LogP contribution is -2.19. The van der Waals surface area contributed by atoms with Crippen molar-refractivity contribution >= 4 is 5.97 Å². The van der Waals surface area contributed by atoms with E-state index in [1.807, 2.05) is 0 Å². The van der Waals surface area contributed by atoms with Crippen molar-refractivity contribution < 1.29 is 23.4 Å². The van der Waals surface area contributed by atoms with Gasteiger partial charge in [0.05, 0.1) is 25.2 Å². The Hall–Kier alpha value is -1.53. The number of carbonyl (C=O) groups is 1. The first-order valence-corrected chi connectivity index (χ1v) is 6.49. The van der Waals surface area contributed by atoms with Crippen LogP contribution in [-0.4, -0.2) is 37.9 Å². The summed E-state index contributed by atoms with van der Waals surface area (Å²) >= 11 is 0. The summed E-state index contributed by atoms with van der Waals surface area (Å²) in [5.74, 6) is -1.36. The minimum Gasteiger partial charge on any atom is -0.469 e. The van der Waals surface area contributed by atoms with Crippen LogP contribution in [0, 0.1) is 11.9 Å². The van der Waals surface area contributed by atoms with Crippen LogP contribution in [0.25, 0.3) is 0 Å². The van der Waals surface area contributed by atoms with Crippen LogP contribution in [0.5, 0.6) is 0 Å². The van der Waals surface area contributed by atoms with E-state index in [1.165, 1.54) is 19.4 Å². The summed E-state index contributed by atoms with van der Waals surface area (Å²) in [7, 11) is 2.96. The topological polar surface area (TPSA) is 57.7 Å². The van der Waals surface area contributed by atoms with E-state index in [0.717, 1.165) is 0 Å². The van der Waals surface area contributed by atoms with Crippen molar-refractivity contribution in [1.82, 2.24) is 4.98 Å². The maximum absolute atomic E-state index is 13.2. The van der Waals surface area contributed by atoms with Crippen LogP contribution >= 0.6 is 0 Å². The summed E-state index contributed by atoms with van der Waals surface area (Å²) in [4.78, 5) is 15.4. The predicted molar refractivity (Wildman–Crippen MR) is 68.4 cm³/mol. The number of hydrogen-bond donors (Lipinski definition) is 0. The van der Waals surface area contributed by atoms with Gasteiger partial charge in [-0.2, -0.15) is 4.39 Å². The Labute approximate surface area is 117 Å². The maximum Gasteiger partial charge on any atom is 0.311 e. The van der Waals surface area contributed by atoms with Crippen LogP contribution in [0.1, 0.15) is 24.5 Å². The van der Waals surface area contributed by atoms with Crippen molar-refractivity contribution in [3.63, 3.8) is 0 Å². The van der Waals surface area contributed by atoms with E-state index in [9.17, 15) is 9.18 Å². The van der Waals surface area contributed by atoms with Crippen molar-refractivity contribution in [2.24, 2.45) is 5.92 Å². The number of hydrogen-bond acceptors (Lipinski definition) is 5. The van der Waals surface area contributed by atoms with Crippen LogP contribution in [0.4, 0.5) is 4.39 Å². The maximum atomic E-state index is 13.2. The van der Waals surface area contributed by atoms with Gasteiger partial charge in [0.25, 0.3) is 0 Å². The highest BCUT2D eigenvalue weighted by Crippen LogP contribution is 2.39. The Balaban J connectivity index is 2.17. The Morgan fingerprint density at radius 2 is 2.35 bits per heavy atom. The Morgan fingerprint density at radius 1 is 1.55 bits per heavy atom. The molecule has 0 aliphatic carbocycles. The summed E-state index contributed by atoms with van der Waals surface area (Å²) in [6, 6.07) is 2.95. The van der Waals surface area contributed by atoms with Crippen molar-refractivity contribution in [3.8, 4) is 0 Å². The number of halogens is 1. The average Bonchev–Trinajstić information content (AvgIpc) is 2.88. The molecule has 1 aliphatic heterocycles. The smallest absolute Gasteiger partial charge is 0.311 e. The number of methoxy groups -OCH3 is 2. The van der Waals surface area contributed by atoms with Gasteiger partial charge < -0.3 is 14.2 Å². The molecule has 0 aromatic carbocycles. The van der Waals surface area contributed by atoms with Gasteiger partial charge in [0.1, 0.15) is 0 Å². The van der Waals surface area contributed by atoms with Crippen LogP contribution in [0.3, 0.4) is 0 Å². The summed E-state index contributed by atoms with van der Waals surface area (Å²) in [5.41, 5.74) is 0.604. The van der Waals surface area contributed by atoms with E-state index in [-0.39, 0.29) is 12.1 Å². The zero-order valence-corrected chi connectivity index (χ0v) is 11.5. The Kier molecular flexibility index (Phi) is 5.03. The van der Waals surface area contributed by atoms with Gasteiger partial charge in [-0.05, 0) is 30.5 Å². The number of nitrogens with zero attached hydrogens (tertiary/aromatic N) is 1. The zero-order valence-electron chi connectivity index (χ0n) is 11.5. The average molecular weight is 283 g/mol. The number of carbonyl (C=O) groups excluding carboxylic acids is 1. The monoisotopic (exact) mass is 283 g/mol. The van der Waals surface area contributed by atoms with Gasteiger partial charge in [0.2, 0.25) is 5.95 Å². The molecule has 0 radical (unpaired) electrons. The third-order valence-corrected chi connectivity index (χ3v) is 3.45. The van der Waals surface area contributed by atoms with Crippen molar-refractivity contribution in [1.29, 1.82) is 0 Å². The highest BCUT2D eigenvalue weighted by Gasteiger charge is 2.41. The SMILES string of the molecule is COCC[C@@H]1C[C@H](C(=O)OC)[C@H](c2ccnc(F)c2)O1. The molecule has 6 heteroatoms. The molecule has 1 aromatic heterocycles. The van der Waals surface area contributed by atoms with Gasteiger partial charge >= 0.3 is 5.97 Å². The van der Waals surface area contributed by atoms with Gasteiger partial charge in [-0.3, -0.25) is 4.79 Å². The largest absolute Gasteiger partial charge is 0.469 e. The van der Waals surface area contributed by atoms with Gasteiger partial charge in [-0.25, -0.2) is 4.98 Å². The third-order valence-electron chi connectivity index (χ3n) is 3.45. The highest BCUT2D eigenvalue weighted by atomic mass is 19.1. The second-order valence-corrected chi connectivity index (χ2v) is 4.74. The first kappa shape index (κ1) is 14.9. The molecule has 1 saturated heterocycles. The summed E-state index contributed by atoms with van der Waals surface area (Å²) in [6.45, 7) is 0.552. The quantitative estimate of drug-likeness (QED) is 0.610. The zero-order chi connectivity index (χ0) is 14.5. The molecule has 3 atom stereocenters. The lowest BCUT2D eigenvalue weighted by molar-refractivity contribution is -0.147. The lowest BCUT2D eigenvalue weighted by atomic mass is 9.94. The molecule has 1 aliphatic rings. The van der Waals surface area contributed by atoms with Crippen molar-refractivity contribution in [2.75, 3.05) is 20.8 Å². The van der Waals surface area contributed by atoms with E-state index >= 15 is 0 Å². The molecule has 5 nitrogen and oxygen atoms in total. The lowest BCUT2D eigenvalue weighted by Gasteiger charge is -2.17. The molecule has 1 aromatic rings. The van der Waals surface area contributed by atoms with E-state index in [1.54, 1.807) is 13.2 Å². The fourth-order valence-electron chi connectivity index (χ4n) is 2.48. The molecule has 0 bridgehead atoms. The van der Waals surface area contributed by atoms with Crippen LogP contribution in [-0.2, 0) is 19.0 Å². The van der Waals surface area contributed by atoms with E-state index in [2.05, 4.69) is 4.98 Å². The molecule has 0 amide bonds. The van der Waals surface area contributed by atoms with E-state index in [4.69, 9.17) is 14.2 Å². The van der Waals surface area contributed by atoms with E-state index < -0.39 is 18.0 Å². The molecular formula is C14H18FNO4. The predicted octanol–water partition coefficient (Wildman–Crippen LogP) is 1.88. The molecule has 0 unspecified atom stereocenters. The minimum atomic E-state index is -0.588. The molecule has 1 fully saturated rings. The summed E-state index contributed by atoms with van der Waals surface area (Å²) < 4.78 is 28.9. The first-order valence-electron chi connectivity index (χ1n) is 6.49. The van der Waals surface area contributed by atoms with Crippen LogP contribution in [0.2, 0.25) is 0 Å². The van der Waals surface area contributed by atoms with Gasteiger partial charge in [0, 0.05) is 19.9 Å². The number of esters is 1. The fourth-order valence-corrected chi connectivity index (χ4v) is 2.48. The number of pyridine rings is 1. The van der Waals surface area contributed by atoms with Crippen LogP contribution in [0.15, 0.2) is 18.3 Å². The van der Waals surface area contributed by atoms with Gasteiger partial charge in [-0.1, -0.05) is 0 Å². The molecule has 110 valence electrons. The number of ether oxygens (including phenoxy) is 3. The molecule has 0 N–H and O–H groups in total. The first-order chi connectivity index (χ1) is 9.65. The Bertz CT molecular complexity index is 468. The standard InChI is InChI=1S/C14H18FNO4/c1-18-6-4-10-8-11(14(17)19-2)13(20-10)9-3-5-16-12(15)7-9/h3,5,7,10-11,13H,4,6,8H2,1-2H3/t10-,11+,13+/m1/s1. The number of rotatable bonds is 5. The van der Waals surface area contributed by atoms with Crippen molar-refractivity contribution in [2.45, 2.75) is 25.0 Å².